The van der Waals surface area contributed by atoms with Crippen molar-refractivity contribution in [2.24, 2.45) is 11.1 Å². The van der Waals surface area contributed by atoms with Gasteiger partial charge in [-0.1, -0.05) is 51.1 Å². The minimum absolute atomic E-state index is 0.161. The number of hydrogen-bond donors (Lipinski definition) is 2. The number of aromatic nitrogens is 2. The Labute approximate surface area is 112 Å². The number of nitrogens with zero attached hydrogens (tertiary/aromatic N) is 1. The molecule has 0 saturated carbocycles. The van der Waals surface area contributed by atoms with Crippen LogP contribution in [0.15, 0.2) is 41.2 Å². The standard InChI is InChI=1S/C15H19N3O/c1-15(2,3)13(16)14-17-11(9-12(19)18-14)10-7-5-4-6-8-10/h4-9,13H,16H2,1-3H3,(H,17,18,19). The van der Waals surface area contributed by atoms with Crippen LogP contribution in [0.25, 0.3) is 11.3 Å². The Morgan fingerprint density at radius 1 is 1.21 bits per heavy atom. The number of rotatable bonds is 2. The zero-order valence-corrected chi connectivity index (χ0v) is 11.5. The van der Waals surface area contributed by atoms with E-state index in [0.717, 1.165) is 5.56 Å². The molecule has 0 radical (unpaired) electrons. The lowest BCUT2D eigenvalue weighted by Gasteiger charge is -2.26. The van der Waals surface area contributed by atoms with Crippen molar-refractivity contribution < 1.29 is 0 Å². The third-order valence-corrected chi connectivity index (χ3v) is 3.06. The first-order valence-corrected chi connectivity index (χ1v) is 6.30. The van der Waals surface area contributed by atoms with Crippen molar-refractivity contribution in [3.05, 3.63) is 52.6 Å². The number of nitrogens with two attached hydrogens (primary N) is 1. The number of aromatic amines is 1. The summed E-state index contributed by atoms with van der Waals surface area (Å²) >= 11 is 0. The molecule has 1 heterocycles. The maximum atomic E-state index is 11.8. The molecule has 4 nitrogen and oxygen atoms in total. The molecule has 0 spiro atoms. The summed E-state index contributed by atoms with van der Waals surface area (Å²) in [4.78, 5) is 19.0. The molecule has 100 valence electrons. The highest BCUT2D eigenvalue weighted by molar-refractivity contribution is 5.58. The smallest absolute Gasteiger partial charge is 0.251 e. The summed E-state index contributed by atoms with van der Waals surface area (Å²) in [7, 11) is 0. The van der Waals surface area contributed by atoms with E-state index < -0.39 is 0 Å². The number of H-pyrrole nitrogens is 1. The van der Waals surface area contributed by atoms with Crippen LogP contribution in [0.5, 0.6) is 0 Å². The Hall–Kier alpha value is -1.94. The van der Waals surface area contributed by atoms with Crippen LogP contribution in [0.3, 0.4) is 0 Å². The maximum absolute atomic E-state index is 11.8. The lowest BCUT2D eigenvalue weighted by molar-refractivity contribution is 0.315. The molecule has 0 aliphatic rings. The van der Waals surface area contributed by atoms with Gasteiger partial charge in [0.15, 0.2) is 0 Å². The molecule has 3 N–H and O–H groups in total. The predicted molar refractivity (Wildman–Crippen MR) is 76.7 cm³/mol. The van der Waals surface area contributed by atoms with Crippen LogP contribution in [-0.2, 0) is 0 Å². The zero-order valence-electron chi connectivity index (χ0n) is 11.5. The van der Waals surface area contributed by atoms with Crippen LogP contribution in [-0.4, -0.2) is 9.97 Å². The van der Waals surface area contributed by atoms with Crippen molar-refractivity contribution in [2.75, 3.05) is 0 Å². The highest BCUT2D eigenvalue weighted by Crippen LogP contribution is 2.28. The summed E-state index contributed by atoms with van der Waals surface area (Å²) in [5.74, 6) is 0.527. The molecular formula is C15H19N3O. The Bertz CT molecular complexity index is 611. The van der Waals surface area contributed by atoms with Gasteiger partial charge < -0.3 is 10.7 Å². The van der Waals surface area contributed by atoms with E-state index in [2.05, 4.69) is 9.97 Å². The van der Waals surface area contributed by atoms with Crippen molar-refractivity contribution in [1.29, 1.82) is 0 Å². The topological polar surface area (TPSA) is 71.8 Å². The van der Waals surface area contributed by atoms with Gasteiger partial charge in [0.2, 0.25) is 0 Å². The van der Waals surface area contributed by atoms with Gasteiger partial charge in [0.25, 0.3) is 5.56 Å². The van der Waals surface area contributed by atoms with E-state index in [1.54, 1.807) is 0 Å². The molecule has 1 unspecified atom stereocenters. The molecule has 1 aromatic heterocycles. The summed E-state index contributed by atoms with van der Waals surface area (Å²) in [5, 5.41) is 0. The van der Waals surface area contributed by atoms with Crippen molar-refractivity contribution in [2.45, 2.75) is 26.8 Å². The fraction of sp³-hybridized carbons (Fsp3) is 0.333. The fourth-order valence-corrected chi connectivity index (χ4v) is 1.79. The summed E-state index contributed by atoms with van der Waals surface area (Å²) < 4.78 is 0. The van der Waals surface area contributed by atoms with Gasteiger partial charge in [-0.25, -0.2) is 4.98 Å². The molecule has 1 aromatic carbocycles. The fourth-order valence-electron chi connectivity index (χ4n) is 1.79. The summed E-state index contributed by atoms with van der Waals surface area (Å²) in [6.45, 7) is 6.06. The Morgan fingerprint density at radius 2 is 1.84 bits per heavy atom. The Kier molecular flexibility index (Phi) is 3.53. The lowest BCUT2D eigenvalue weighted by atomic mass is 9.87. The highest BCUT2D eigenvalue weighted by atomic mass is 16.1. The molecule has 2 aromatic rings. The predicted octanol–water partition coefficient (Wildman–Crippen LogP) is 2.48. The first-order chi connectivity index (χ1) is 8.88. The van der Waals surface area contributed by atoms with E-state index >= 15 is 0 Å². The number of benzene rings is 1. The van der Waals surface area contributed by atoms with Crippen LogP contribution in [0.1, 0.15) is 32.6 Å². The second-order valence-corrected chi connectivity index (χ2v) is 5.73. The van der Waals surface area contributed by atoms with E-state index in [4.69, 9.17) is 5.73 Å². The first-order valence-electron chi connectivity index (χ1n) is 6.30. The van der Waals surface area contributed by atoms with E-state index in [0.29, 0.717) is 11.5 Å². The molecule has 0 bridgehead atoms. The van der Waals surface area contributed by atoms with E-state index in [1.807, 2.05) is 51.1 Å². The van der Waals surface area contributed by atoms with Crippen molar-refractivity contribution in [1.82, 2.24) is 9.97 Å². The van der Waals surface area contributed by atoms with Gasteiger partial charge in [-0.05, 0) is 5.41 Å². The van der Waals surface area contributed by atoms with Crippen LogP contribution in [0.4, 0.5) is 0 Å². The molecule has 4 heteroatoms. The largest absolute Gasteiger partial charge is 0.321 e. The summed E-state index contributed by atoms with van der Waals surface area (Å²) in [6.07, 6.45) is 0. The Balaban J connectivity index is 2.50. The number of nitrogens with one attached hydrogen (secondary N) is 1. The molecule has 19 heavy (non-hydrogen) atoms. The normalized spacial score (nSPS) is 13.3. The third-order valence-electron chi connectivity index (χ3n) is 3.06. The Morgan fingerprint density at radius 3 is 2.42 bits per heavy atom. The van der Waals surface area contributed by atoms with Gasteiger partial charge in [-0.3, -0.25) is 4.79 Å². The van der Waals surface area contributed by atoms with Crippen LogP contribution >= 0.6 is 0 Å². The average Bonchev–Trinajstić information content (AvgIpc) is 2.37. The SMILES string of the molecule is CC(C)(C)C(N)c1nc(-c2ccccc2)cc(=O)[nH]1. The first kappa shape index (κ1) is 13.5. The van der Waals surface area contributed by atoms with Crippen molar-refractivity contribution in [3.8, 4) is 11.3 Å². The molecule has 0 fully saturated rings. The quantitative estimate of drug-likeness (QED) is 0.868. The van der Waals surface area contributed by atoms with Gasteiger partial charge in [-0.2, -0.15) is 0 Å². The minimum Gasteiger partial charge on any atom is -0.321 e. The van der Waals surface area contributed by atoms with Gasteiger partial charge >= 0.3 is 0 Å². The molecular weight excluding hydrogens is 238 g/mol. The maximum Gasteiger partial charge on any atom is 0.251 e. The van der Waals surface area contributed by atoms with Gasteiger partial charge in [0, 0.05) is 11.6 Å². The molecule has 0 amide bonds. The van der Waals surface area contributed by atoms with E-state index in [9.17, 15) is 4.79 Å². The monoisotopic (exact) mass is 257 g/mol. The highest BCUT2D eigenvalue weighted by Gasteiger charge is 2.24. The average molecular weight is 257 g/mol. The van der Waals surface area contributed by atoms with Crippen molar-refractivity contribution in [3.63, 3.8) is 0 Å². The van der Waals surface area contributed by atoms with Gasteiger partial charge in [0.05, 0.1) is 11.7 Å². The van der Waals surface area contributed by atoms with Crippen molar-refractivity contribution >= 4 is 0 Å². The molecule has 0 saturated heterocycles. The van der Waals surface area contributed by atoms with Gasteiger partial charge in [-0.15, -0.1) is 0 Å². The second kappa shape index (κ2) is 4.97. The molecule has 2 rings (SSSR count). The van der Waals surface area contributed by atoms with E-state index in [-0.39, 0.29) is 17.0 Å². The molecule has 1 atom stereocenters. The minimum atomic E-state index is -0.316. The molecule has 0 aliphatic heterocycles. The van der Waals surface area contributed by atoms with Crippen LogP contribution in [0, 0.1) is 5.41 Å². The van der Waals surface area contributed by atoms with E-state index in [1.165, 1.54) is 6.07 Å². The third kappa shape index (κ3) is 3.09. The van der Waals surface area contributed by atoms with Crippen LogP contribution in [0.2, 0.25) is 0 Å². The summed E-state index contributed by atoms with van der Waals surface area (Å²) in [6, 6.07) is 10.8. The zero-order chi connectivity index (χ0) is 14.0. The van der Waals surface area contributed by atoms with Crippen LogP contribution < -0.4 is 11.3 Å². The second-order valence-electron chi connectivity index (χ2n) is 5.73. The molecule has 0 aliphatic carbocycles. The van der Waals surface area contributed by atoms with Gasteiger partial charge in [0.1, 0.15) is 5.82 Å². The summed E-state index contributed by atoms with van der Waals surface area (Å²) in [5.41, 5.74) is 7.38. The lowest BCUT2D eigenvalue weighted by Crippen LogP contribution is -2.30. The number of hydrogen-bond acceptors (Lipinski definition) is 3.